The van der Waals surface area contributed by atoms with Crippen LogP contribution in [0.3, 0.4) is 0 Å². The van der Waals surface area contributed by atoms with Gasteiger partial charge in [-0.15, -0.1) is 11.3 Å². The number of amides is 2. The van der Waals surface area contributed by atoms with Gasteiger partial charge in [-0.25, -0.2) is 5.43 Å². The predicted molar refractivity (Wildman–Crippen MR) is 128 cm³/mol. The Hall–Kier alpha value is -2.91. The van der Waals surface area contributed by atoms with Gasteiger partial charge in [-0.05, 0) is 49.7 Å². The van der Waals surface area contributed by atoms with Gasteiger partial charge in [-0.3, -0.25) is 9.59 Å². The minimum Gasteiger partial charge on any atom is -0.493 e. The topological polar surface area (TPSA) is 89.0 Å². The lowest BCUT2D eigenvalue weighted by molar-refractivity contribution is -0.122. The molecule has 0 aliphatic heterocycles. The predicted octanol–water partition coefficient (Wildman–Crippen LogP) is 4.26. The van der Waals surface area contributed by atoms with E-state index in [2.05, 4.69) is 31.8 Å². The molecular weight excluding hydrogens is 482 g/mol. The van der Waals surface area contributed by atoms with Crippen LogP contribution in [0.2, 0.25) is 0 Å². The second kappa shape index (κ2) is 12.1. The Morgan fingerprint density at radius 3 is 2.58 bits per heavy atom. The van der Waals surface area contributed by atoms with Crippen LogP contribution in [0.25, 0.3) is 10.1 Å². The Balaban J connectivity index is 0.000000262. The average molecular weight is 506 g/mol. The molecule has 0 atom stereocenters. The fourth-order valence-electron chi connectivity index (χ4n) is 2.61. The van der Waals surface area contributed by atoms with E-state index in [1.807, 2.05) is 55.6 Å². The molecule has 7 nitrogen and oxygen atoms in total. The first-order valence-corrected chi connectivity index (χ1v) is 10.9. The van der Waals surface area contributed by atoms with Gasteiger partial charge in [0.15, 0.2) is 11.5 Å². The number of rotatable bonds is 7. The van der Waals surface area contributed by atoms with Crippen LogP contribution in [-0.2, 0) is 9.59 Å². The maximum atomic E-state index is 11.3. The molecule has 2 aromatic carbocycles. The molecule has 2 N–H and O–H groups in total. The van der Waals surface area contributed by atoms with Crippen molar-refractivity contribution in [3.8, 4) is 11.5 Å². The van der Waals surface area contributed by atoms with Gasteiger partial charge >= 0.3 is 0 Å². The van der Waals surface area contributed by atoms with Crippen molar-refractivity contribution in [3.63, 3.8) is 0 Å². The van der Waals surface area contributed by atoms with Crippen molar-refractivity contribution in [2.75, 3.05) is 20.8 Å². The van der Waals surface area contributed by atoms with E-state index in [4.69, 9.17) is 9.47 Å². The highest BCUT2D eigenvalue weighted by Crippen LogP contribution is 2.29. The normalized spacial score (nSPS) is 10.7. The third kappa shape index (κ3) is 7.08. The zero-order valence-electron chi connectivity index (χ0n) is 17.7. The first kappa shape index (κ1) is 24.4. The molecule has 0 bridgehead atoms. The second-order valence-electron chi connectivity index (χ2n) is 6.38. The lowest BCUT2D eigenvalue weighted by Crippen LogP contribution is -2.30. The van der Waals surface area contributed by atoms with Crippen LogP contribution in [0.5, 0.6) is 11.5 Å². The number of hydrazone groups is 1. The number of thiophene rings is 1. The van der Waals surface area contributed by atoms with Crippen molar-refractivity contribution in [3.05, 3.63) is 57.4 Å². The van der Waals surface area contributed by atoms with E-state index < -0.39 is 0 Å². The van der Waals surface area contributed by atoms with Crippen molar-refractivity contribution >= 4 is 55.4 Å². The van der Waals surface area contributed by atoms with E-state index in [1.165, 1.54) is 5.56 Å². The molecule has 31 heavy (non-hydrogen) atoms. The quantitative estimate of drug-likeness (QED) is 0.285. The van der Waals surface area contributed by atoms with E-state index >= 15 is 0 Å². The molecule has 3 rings (SSSR count). The Bertz CT molecular complexity index is 1080. The number of aryl methyl sites for hydroxylation is 1. The largest absolute Gasteiger partial charge is 0.493 e. The summed E-state index contributed by atoms with van der Waals surface area (Å²) in [5.41, 5.74) is 5.27. The summed E-state index contributed by atoms with van der Waals surface area (Å²) in [6, 6.07) is 11.9. The highest BCUT2D eigenvalue weighted by molar-refractivity contribution is 9.10. The number of methoxy groups -OCH3 is 2. The molecule has 0 unspecified atom stereocenters. The number of fused-ring (bicyclic) bond motifs is 1. The van der Waals surface area contributed by atoms with Crippen LogP contribution in [0.15, 0.2) is 51.4 Å². The van der Waals surface area contributed by atoms with Crippen molar-refractivity contribution in [2.45, 2.75) is 13.8 Å². The summed E-state index contributed by atoms with van der Waals surface area (Å²) in [7, 11) is 3.27. The number of benzene rings is 2. The molecule has 0 saturated carbocycles. The SMILES string of the molecule is C/C(=N\NC(=O)CNC=O)c1csc2ccc(Br)cc12.COc1ccc(C)cc1OC. The first-order valence-electron chi connectivity index (χ1n) is 9.25. The molecule has 0 radical (unpaired) electrons. The summed E-state index contributed by atoms with van der Waals surface area (Å²) in [6.07, 6.45) is 0.472. The third-order valence-corrected chi connectivity index (χ3v) is 5.62. The highest BCUT2D eigenvalue weighted by Gasteiger charge is 2.08. The molecule has 1 aromatic heterocycles. The molecule has 0 aliphatic carbocycles. The van der Waals surface area contributed by atoms with E-state index in [0.717, 1.165) is 31.6 Å². The van der Waals surface area contributed by atoms with Crippen molar-refractivity contribution in [1.82, 2.24) is 10.7 Å². The Morgan fingerprint density at radius 1 is 1.16 bits per heavy atom. The van der Waals surface area contributed by atoms with E-state index in [1.54, 1.807) is 25.6 Å². The first-order chi connectivity index (χ1) is 14.9. The Kier molecular flexibility index (Phi) is 9.48. The lowest BCUT2D eigenvalue weighted by Gasteiger charge is -2.06. The van der Waals surface area contributed by atoms with Crippen LogP contribution in [0.4, 0.5) is 0 Å². The summed E-state index contributed by atoms with van der Waals surface area (Å²) < 4.78 is 12.3. The summed E-state index contributed by atoms with van der Waals surface area (Å²) in [6.45, 7) is 3.76. The van der Waals surface area contributed by atoms with Crippen molar-refractivity contribution in [2.24, 2.45) is 5.10 Å². The Morgan fingerprint density at radius 2 is 1.90 bits per heavy atom. The van der Waals surface area contributed by atoms with Crippen LogP contribution in [-0.4, -0.2) is 38.8 Å². The number of hydrogen-bond donors (Lipinski definition) is 2. The standard InChI is InChI=1S/C13H12BrN3O2S.C9H12O2/c1-8(16-17-13(19)5-15-7-18)11-6-20-12-3-2-9(14)4-10(11)12;1-7-4-5-8(10-2)9(6-7)11-3/h2-4,6-7H,5H2,1H3,(H,15,18)(H,17,19);4-6H,1-3H3/b16-8+;. The summed E-state index contributed by atoms with van der Waals surface area (Å²) >= 11 is 5.07. The highest BCUT2D eigenvalue weighted by atomic mass is 79.9. The maximum Gasteiger partial charge on any atom is 0.259 e. The second-order valence-corrected chi connectivity index (χ2v) is 8.21. The zero-order valence-corrected chi connectivity index (χ0v) is 20.1. The van der Waals surface area contributed by atoms with Crippen molar-refractivity contribution in [1.29, 1.82) is 0 Å². The molecule has 9 heteroatoms. The number of ether oxygens (including phenoxy) is 2. The fraction of sp³-hybridized carbons (Fsp3) is 0.227. The van der Waals surface area contributed by atoms with Gasteiger partial charge in [0.2, 0.25) is 6.41 Å². The summed E-state index contributed by atoms with van der Waals surface area (Å²) in [5.74, 6) is 1.20. The summed E-state index contributed by atoms with van der Waals surface area (Å²) in [5, 5.41) is 9.42. The van der Waals surface area contributed by atoms with Gasteiger partial charge < -0.3 is 14.8 Å². The number of carbonyl (C=O) groups is 2. The van der Waals surface area contributed by atoms with Gasteiger partial charge in [-0.1, -0.05) is 22.0 Å². The zero-order chi connectivity index (χ0) is 22.8. The van der Waals surface area contributed by atoms with Crippen LogP contribution in [0.1, 0.15) is 18.1 Å². The number of nitrogens with one attached hydrogen (secondary N) is 2. The minimum atomic E-state index is -0.364. The van der Waals surface area contributed by atoms with Crippen LogP contribution < -0.4 is 20.2 Å². The number of carbonyl (C=O) groups excluding carboxylic acids is 2. The molecule has 0 saturated heterocycles. The monoisotopic (exact) mass is 505 g/mol. The van der Waals surface area contributed by atoms with Crippen LogP contribution >= 0.6 is 27.3 Å². The summed E-state index contributed by atoms with van der Waals surface area (Å²) in [4.78, 5) is 21.4. The fourth-order valence-corrected chi connectivity index (χ4v) is 3.95. The Labute approximate surface area is 193 Å². The van der Waals surface area contributed by atoms with Gasteiger partial charge in [0.1, 0.15) is 0 Å². The van der Waals surface area contributed by atoms with Gasteiger partial charge in [0.05, 0.1) is 26.5 Å². The minimum absolute atomic E-state index is 0.0871. The lowest BCUT2D eigenvalue weighted by atomic mass is 10.1. The number of nitrogens with zero attached hydrogens (tertiary/aromatic N) is 1. The number of halogens is 1. The average Bonchev–Trinajstić information content (AvgIpc) is 3.19. The molecule has 0 aliphatic rings. The van der Waals surface area contributed by atoms with E-state index in [0.29, 0.717) is 12.1 Å². The van der Waals surface area contributed by atoms with Crippen molar-refractivity contribution < 1.29 is 19.1 Å². The molecule has 164 valence electrons. The third-order valence-electron chi connectivity index (χ3n) is 4.16. The van der Waals surface area contributed by atoms with Gasteiger partial charge in [0, 0.05) is 25.5 Å². The molecule has 0 spiro atoms. The van der Waals surface area contributed by atoms with Crippen LogP contribution in [0, 0.1) is 6.92 Å². The maximum absolute atomic E-state index is 11.3. The molecule has 3 aromatic rings. The molecule has 2 amide bonds. The van der Waals surface area contributed by atoms with E-state index in [9.17, 15) is 9.59 Å². The molecule has 0 fully saturated rings. The smallest absolute Gasteiger partial charge is 0.259 e. The molecule has 1 heterocycles. The van der Waals surface area contributed by atoms with Gasteiger partial charge in [-0.2, -0.15) is 5.10 Å². The number of hydrogen-bond acceptors (Lipinski definition) is 6. The van der Waals surface area contributed by atoms with E-state index in [-0.39, 0.29) is 12.5 Å². The molecular formula is C22H24BrN3O4S. The van der Waals surface area contributed by atoms with Gasteiger partial charge in [0.25, 0.3) is 5.91 Å².